The summed E-state index contributed by atoms with van der Waals surface area (Å²) in [5.41, 5.74) is 0.573. The van der Waals surface area contributed by atoms with Gasteiger partial charge < -0.3 is 10.4 Å². The molecule has 2 rings (SSSR count). The van der Waals surface area contributed by atoms with Crippen LogP contribution in [0.1, 0.15) is 38.9 Å². The van der Waals surface area contributed by atoms with E-state index in [1.54, 1.807) is 6.07 Å². The molecule has 1 atom stereocenters. The summed E-state index contributed by atoms with van der Waals surface area (Å²) in [4.78, 5) is 16.5. The van der Waals surface area contributed by atoms with Gasteiger partial charge in [-0.25, -0.2) is 0 Å². The van der Waals surface area contributed by atoms with E-state index in [0.29, 0.717) is 18.1 Å². The first-order valence-corrected chi connectivity index (χ1v) is 9.30. The zero-order chi connectivity index (χ0) is 18.4. The van der Waals surface area contributed by atoms with Crippen molar-refractivity contribution in [2.45, 2.75) is 38.8 Å². The Hall–Kier alpha value is -1.14. The van der Waals surface area contributed by atoms with E-state index in [1.807, 2.05) is 39.0 Å². The van der Waals surface area contributed by atoms with Gasteiger partial charge in [0.1, 0.15) is 0 Å². The van der Waals surface area contributed by atoms with Gasteiger partial charge in [0, 0.05) is 35.8 Å². The molecule has 1 aliphatic heterocycles. The smallest absolute Gasteiger partial charge is 0.234 e. The molecule has 0 spiro atoms. The Bertz CT molecular complexity index is 574. The molecule has 1 amide bonds. The Morgan fingerprint density at radius 1 is 1.20 bits per heavy atom. The molecule has 140 valence electrons. The summed E-state index contributed by atoms with van der Waals surface area (Å²) in [5.74, 6) is 0.0667. The highest BCUT2D eigenvalue weighted by molar-refractivity contribution is 6.31. The van der Waals surface area contributed by atoms with Crippen molar-refractivity contribution in [3.63, 3.8) is 0 Å². The number of aliphatic hydroxyl groups is 1. The quantitative estimate of drug-likeness (QED) is 0.838. The largest absolute Gasteiger partial charge is 0.387 e. The van der Waals surface area contributed by atoms with E-state index in [-0.39, 0.29) is 11.4 Å². The zero-order valence-corrected chi connectivity index (χ0v) is 16.2. The molecule has 0 aromatic heterocycles. The summed E-state index contributed by atoms with van der Waals surface area (Å²) < 4.78 is 0. The SMILES string of the molecule is CC(C)(C)NC(=O)CN1CCCN(C[C@@H](O)c2ccccc2Cl)CC1. The second kappa shape index (κ2) is 8.99. The Morgan fingerprint density at radius 3 is 2.52 bits per heavy atom. The van der Waals surface area contributed by atoms with Crippen molar-refractivity contribution in [1.29, 1.82) is 0 Å². The Labute approximate surface area is 155 Å². The lowest BCUT2D eigenvalue weighted by atomic mass is 10.1. The fraction of sp³-hybridized carbons (Fsp3) is 0.632. The van der Waals surface area contributed by atoms with Gasteiger partial charge in [-0.2, -0.15) is 0 Å². The molecular formula is C19H30ClN3O2. The Kier molecular flexibility index (Phi) is 7.25. The van der Waals surface area contributed by atoms with E-state index in [4.69, 9.17) is 11.6 Å². The number of aliphatic hydroxyl groups excluding tert-OH is 1. The number of benzene rings is 1. The topological polar surface area (TPSA) is 55.8 Å². The summed E-state index contributed by atoms with van der Waals surface area (Å²) in [7, 11) is 0. The molecule has 0 aliphatic carbocycles. The van der Waals surface area contributed by atoms with Crippen molar-refractivity contribution in [1.82, 2.24) is 15.1 Å². The van der Waals surface area contributed by atoms with Crippen LogP contribution in [0.5, 0.6) is 0 Å². The number of hydrogen-bond donors (Lipinski definition) is 2. The van der Waals surface area contributed by atoms with Crippen molar-refractivity contribution in [3.8, 4) is 0 Å². The van der Waals surface area contributed by atoms with Crippen LogP contribution in [-0.2, 0) is 4.79 Å². The lowest BCUT2D eigenvalue weighted by molar-refractivity contribution is -0.123. The third kappa shape index (κ3) is 6.94. The van der Waals surface area contributed by atoms with Crippen molar-refractivity contribution < 1.29 is 9.90 Å². The predicted octanol–water partition coefficient (Wildman–Crippen LogP) is 2.30. The van der Waals surface area contributed by atoms with Gasteiger partial charge in [0.2, 0.25) is 5.91 Å². The maximum absolute atomic E-state index is 12.1. The third-order valence-electron chi connectivity index (χ3n) is 4.26. The van der Waals surface area contributed by atoms with Crippen LogP contribution in [-0.4, -0.2) is 65.6 Å². The number of halogens is 1. The maximum atomic E-state index is 12.1. The number of rotatable bonds is 5. The molecule has 6 heteroatoms. The number of hydrogen-bond acceptors (Lipinski definition) is 4. The average molecular weight is 368 g/mol. The van der Waals surface area contributed by atoms with Crippen LogP contribution < -0.4 is 5.32 Å². The van der Waals surface area contributed by atoms with Crippen molar-refractivity contribution in [2.24, 2.45) is 0 Å². The fourth-order valence-corrected chi connectivity index (χ4v) is 3.38. The molecule has 1 fully saturated rings. The lowest BCUT2D eigenvalue weighted by Gasteiger charge is -2.25. The van der Waals surface area contributed by atoms with E-state index in [2.05, 4.69) is 15.1 Å². The molecule has 1 aliphatic rings. The highest BCUT2D eigenvalue weighted by atomic mass is 35.5. The first kappa shape index (κ1) is 20.2. The average Bonchev–Trinajstić information content (AvgIpc) is 2.71. The molecule has 1 aromatic rings. The molecule has 25 heavy (non-hydrogen) atoms. The maximum Gasteiger partial charge on any atom is 0.234 e. The normalized spacial score (nSPS) is 18.6. The van der Waals surface area contributed by atoms with Gasteiger partial charge >= 0.3 is 0 Å². The first-order chi connectivity index (χ1) is 11.7. The molecular weight excluding hydrogens is 338 g/mol. The van der Waals surface area contributed by atoms with Crippen molar-refractivity contribution in [3.05, 3.63) is 34.9 Å². The third-order valence-corrected chi connectivity index (χ3v) is 4.60. The van der Waals surface area contributed by atoms with Gasteiger partial charge in [-0.15, -0.1) is 0 Å². The highest BCUT2D eigenvalue weighted by Gasteiger charge is 2.21. The molecule has 1 heterocycles. The van der Waals surface area contributed by atoms with Gasteiger partial charge in [0.05, 0.1) is 12.6 Å². The summed E-state index contributed by atoms with van der Waals surface area (Å²) in [6.45, 7) is 10.4. The van der Waals surface area contributed by atoms with Crippen LogP contribution in [0.2, 0.25) is 5.02 Å². The van der Waals surface area contributed by atoms with Crippen LogP contribution >= 0.6 is 11.6 Å². The number of carbonyl (C=O) groups is 1. The number of amides is 1. The second-order valence-corrected chi connectivity index (χ2v) is 8.17. The van der Waals surface area contributed by atoms with Crippen LogP contribution in [0.25, 0.3) is 0 Å². The van der Waals surface area contributed by atoms with E-state index in [1.165, 1.54) is 0 Å². The summed E-state index contributed by atoms with van der Waals surface area (Å²) >= 11 is 6.17. The number of carbonyl (C=O) groups excluding carboxylic acids is 1. The van der Waals surface area contributed by atoms with Gasteiger partial charge in [-0.1, -0.05) is 29.8 Å². The zero-order valence-electron chi connectivity index (χ0n) is 15.5. The summed E-state index contributed by atoms with van der Waals surface area (Å²) in [5, 5.41) is 14.1. The van der Waals surface area contributed by atoms with E-state index >= 15 is 0 Å². The number of nitrogens with one attached hydrogen (secondary N) is 1. The molecule has 2 N–H and O–H groups in total. The van der Waals surface area contributed by atoms with Crippen LogP contribution in [0.4, 0.5) is 0 Å². The highest BCUT2D eigenvalue weighted by Crippen LogP contribution is 2.23. The van der Waals surface area contributed by atoms with E-state index in [0.717, 1.165) is 38.2 Å². The standard InChI is InChI=1S/C19H30ClN3O2/c1-19(2,3)21-18(25)14-23-10-6-9-22(11-12-23)13-17(24)15-7-4-5-8-16(15)20/h4-5,7-8,17,24H,6,9-14H2,1-3H3,(H,21,25)/t17-/m1/s1. The van der Waals surface area contributed by atoms with Crippen molar-refractivity contribution in [2.75, 3.05) is 39.3 Å². The molecule has 5 nitrogen and oxygen atoms in total. The molecule has 0 unspecified atom stereocenters. The minimum Gasteiger partial charge on any atom is -0.387 e. The minimum absolute atomic E-state index is 0.0667. The van der Waals surface area contributed by atoms with Crippen LogP contribution in [0, 0.1) is 0 Å². The molecule has 1 saturated heterocycles. The monoisotopic (exact) mass is 367 g/mol. The van der Waals surface area contributed by atoms with Crippen LogP contribution in [0.15, 0.2) is 24.3 Å². The van der Waals surface area contributed by atoms with Gasteiger partial charge in [0.25, 0.3) is 0 Å². The molecule has 0 bridgehead atoms. The lowest BCUT2D eigenvalue weighted by Crippen LogP contribution is -2.46. The van der Waals surface area contributed by atoms with Gasteiger partial charge in [0.15, 0.2) is 0 Å². The summed E-state index contributed by atoms with van der Waals surface area (Å²) in [6, 6.07) is 7.43. The molecule has 0 radical (unpaired) electrons. The second-order valence-electron chi connectivity index (χ2n) is 7.77. The van der Waals surface area contributed by atoms with Crippen molar-refractivity contribution >= 4 is 17.5 Å². The molecule has 0 saturated carbocycles. The van der Waals surface area contributed by atoms with Crippen LogP contribution in [0.3, 0.4) is 0 Å². The fourth-order valence-electron chi connectivity index (χ4n) is 3.11. The first-order valence-electron chi connectivity index (χ1n) is 8.93. The van der Waals surface area contributed by atoms with Gasteiger partial charge in [-0.05, 0) is 46.3 Å². The predicted molar refractivity (Wildman–Crippen MR) is 102 cm³/mol. The van der Waals surface area contributed by atoms with E-state index in [9.17, 15) is 9.90 Å². The molecule has 1 aromatic carbocycles. The van der Waals surface area contributed by atoms with E-state index < -0.39 is 6.10 Å². The number of β-amino-alcohol motifs (C(OH)–C–C–N with tert-alkyl or cyclic N) is 1. The summed E-state index contributed by atoms with van der Waals surface area (Å²) in [6.07, 6.45) is 0.391. The number of nitrogens with zero attached hydrogens (tertiary/aromatic N) is 2. The van der Waals surface area contributed by atoms with Gasteiger partial charge in [-0.3, -0.25) is 14.6 Å². The Balaban J connectivity index is 1.83. The Morgan fingerprint density at radius 2 is 1.84 bits per heavy atom. The minimum atomic E-state index is -0.593.